The highest BCUT2D eigenvalue weighted by Gasteiger charge is 2.17. The Balaban J connectivity index is 2.17. The molecule has 0 atom stereocenters. The van der Waals surface area contributed by atoms with E-state index in [2.05, 4.69) is 4.98 Å². The van der Waals surface area contributed by atoms with Crippen LogP contribution in [0.15, 0.2) is 18.3 Å². The molecule has 1 aliphatic rings. The van der Waals surface area contributed by atoms with Crippen LogP contribution in [-0.2, 0) is 9.47 Å². The van der Waals surface area contributed by atoms with Gasteiger partial charge in [0.05, 0.1) is 13.2 Å². The molecule has 0 aliphatic carbocycles. The summed E-state index contributed by atoms with van der Waals surface area (Å²) in [6, 6.07) is 3.94. The van der Waals surface area contributed by atoms with Gasteiger partial charge in [0.25, 0.3) is 0 Å². The van der Waals surface area contributed by atoms with E-state index < -0.39 is 0 Å². The lowest BCUT2D eigenvalue weighted by Crippen LogP contribution is -2.09. The molecule has 0 amide bonds. The molecule has 2 heterocycles. The minimum absolute atomic E-state index is 0.196. The van der Waals surface area contributed by atoms with Crippen molar-refractivity contribution < 1.29 is 9.47 Å². The monoisotopic (exact) mass is 163 g/mol. The first-order valence-corrected chi connectivity index (χ1v) is 4.02. The maximum atomic E-state index is 5.32. The summed E-state index contributed by atoms with van der Waals surface area (Å²) in [5.74, 6) is 0. The number of hydrogen-bond acceptors (Lipinski definition) is 3. The Kier molecular flexibility index (Phi) is 2.10. The first-order valence-electron chi connectivity index (χ1n) is 4.02. The van der Waals surface area contributed by atoms with Gasteiger partial charge >= 0.3 is 0 Å². The predicted octanol–water partition coefficient (Wildman–Crippen LogP) is -0.615. The molecular weight excluding hydrogens is 153 g/mol. The molecule has 1 aliphatic heterocycles. The largest absolute Gasteiger partial charge is 0.346 e. The average molecular weight is 163 g/mol. The van der Waals surface area contributed by atoms with E-state index >= 15 is 0 Å². The third-order valence-corrected chi connectivity index (χ3v) is 1.83. The Hall–Kier alpha value is -0.865. The van der Waals surface area contributed by atoms with E-state index in [0.717, 1.165) is 11.2 Å². The smallest absolute Gasteiger partial charge is 0.185 e. The lowest BCUT2D eigenvalue weighted by atomic mass is 10.0. The molecule has 1 aromatic rings. The molecule has 0 unspecified atom stereocenters. The van der Waals surface area contributed by atoms with Crippen LogP contribution in [0.25, 0.3) is 0 Å². The minimum atomic E-state index is -0.196. The fraction of sp³-hybridized carbons (Fsp3) is 0.375. The quantitative estimate of drug-likeness (QED) is 0.517. The zero-order valence-electron chi connectivity index (χ0n) is 6.99. The Labute approximate surface area is 72.1 Å². The molecular formula is C8H10BNO2. The summed E-state index contributed by atoms with van der Waals surface area (Å²) < 4.78 is 10.6. The first-order chi connectivity index (χ1) is 5.86. The van der Waals surface area contributed by atoms with Crippen molar-refractivity contribution in [2.45, 2.75) is 6.29 Å². The van der Waals surface area contributed by atoms with Crippen molar-refractivity contribution in [1.82, 2.24) is 4.98 Å². The summed E-state index contributed by atoms with van der Waals surface area (Å²) in [6.07, 6.45) is 1.60. The van der Waals surface area contributed by atoms with Crippen molar-refractivity contribution in [3.8, 4) is 0 Å². The summed E-state index contributed by atoms with van der Waals surface area (Å²) in [7, 11) is 1.96. The maximum absolute atomic E-state index is 5.32. The van der Waals surface area contributed by atoms with Crippen LogP contribution < -0.4 is 5.59 Å². The zero-order valence-corrected chi connectivity index (χ0v) is 6.99. The van der Waals surface area contributed by atoms with E-state index in [1.807, 2.05) is 20.0 Å². The highest BCUT2D eigenvalue weighted by atomic mass is 16.7. The lowest BCUT2D eigenvalue weighted by Gasteiger charge is -2.07. The van der Waals surface area contributed by atoms with Crippen LogP contribution in [0.4, 0.5) is 0 Å². The summed E-state index contributed by atoms with van der Waals surface area (Å²) in [5.41, 5.74) is 2.01. The zero-order chi connectivity index (χ0) is 8.39. The number of hydrogen-bond donors (Lipinski definition) is 0. The summed E-state index contributed by atoms with van der Waals surface area (Å²) in [5, 5.41) is 0. The molecule has 62 valence electrons. The highest BCUT2D eigenvalue weighted by Crippen LogP contribution is 2.21. The number of ether oxygens (including phenoxy) is 2. The highest BCUT2D eigenvalue weighted by molar-refractivity contribution is 6.30. The van der Waals surface area contributed by atoms with Crippen molar-refractivity contribution in [1.29, 1.82) is 0 Å². The molecule has 0 aromatic carbocycles. The molecule has 0 radical (unpaired) electrons. The minimum Gasteiger partial charge on any atom is -0.346 e. The van der Waals surface area contributed by atoms with Crippen LogP contribution in [-0.4, -0.2) is 26.0 Å². The first kappa shape index (κ1) is 7.77. The molecule has 1 fully saturated rings. The fourth-order valence-electron chi connectivity index (χ4n) is 1.17. The maximum Gasteiger partial charge on any atom is 0.185 e. The number of nitrogens with zero attached hydrogens (tertiary/aromatic N) is 1. The van der Waals surface area contributed by atoms with Crippen molar-refractivity contribution >= 4 is 13.4 Å². The van der Waals surface area contributed by atoms with Gasteiger partial charge in [-0.3, -0.25) is 4.98 Å². The van der Waals surface area contributed by atoms with Crippen LogP contribution in [0.5, 0.6) is 0 Å². The van der Waals surface area contributed by atoms with Gasteiger partial charge < -0.3 is 9.47 Å². The van der Waals surface area contributed by atoms with Gasteiger partial charge in [0, 0.05) is 11.8 Å². The second kappa shape index (κ2) is 3.25. The summed E-state index contributed by atoms with van der Waals surface area (Å²) >= 11 is 0. The molecule has 0 N–H and O–H groups in total. The molecule has 0 bridgehead atoms. The van der Waals surface area contributed by atoms with Gasteiger partial charge in [0.2, 0.25) is 0 Å². The Morgan fingerprint density at radius 2 is 2.08 bits per heavy atom. The molecule has 0 saturated carbocycles. The van der Waals surface area contributed by atoms with E-state index in [1.165, 1.54) is 0 Å². The number of rotatable bonds is 1. The summed E-state index contributed by atoms with van der Waals surface area (Å²) in [4.78, 5) is 4.16. The Morgan fingerprint density at radius 3 is 2.67 bits per heavy atom. The van der Waals surface area contributed by atoms with Gasteiger partial charge in [0.1, 0.15) is 0 Å². The topological polar surface area (TPSA) is 31.4 Å². The molecule has 2 rings (SSSR count). The van der Waals surface area contributed by atoms with Crippen LogP contribution >= 0.6 is 0 Å². The third-order valence-electron chi connectivity index (χ3n) is 1.83. The number of pyridine rings is 1. The molecule has 4 heteroatoms. The van der Waals surface area contributed by atoms with Crippen molar-refractivity contribution in [3.63, 3.8) is 0 Å². The second-order valence-electron chi connectivity index (χ2n) is 2.81. The molecule has 1 saturated heterocycles. The summed E-state index contributed by atoms with van der Waals surface area (Å²) in [6.45, 7) is 1.36. The van der Waals surface area contributed by atoms with Crippen LogP contribution in [0.1, 0.15) is 11.9 Å². The van der Waals surface area contributed by atoms with E-state index in [0.29, 0.717) is 13.2 Å². The predicted molar refractivity (Wildman–Crippen MR) is 47.1 cm³/mol. The van der Waals surface area contributed by atoms with E-state index in [4.69, 9.17) is 9.47 Å². The van der Waals surface area contributed by atoms with Gasteiger partial charge in [0.15, 0.2) is 14.1 Å². The second-order valence-corrected chi connectivity index (χ2v) is 2.81. The van der Waals surface area contributed by atoms with Gasteiger partial charge in [-0.05, 0) is 5.59 Å². The molecule has 12 heavy (non-hydrogen) atoms. The van der Waals surface area contributed by atoms with E-state index in [9.17, 15) is 0 Å². The Bertz CT molecular complexity index is 256. The van der Waals surface area contributed by atoms with E-state index in [1.54, 1.807) is 6.20 Å². The van der Waals surface area contributed by atoms with E-state index in [-0.39, 0.29) is 6.29 Å². The van der Waals surface area contributed by atoms with Crippen molar-refractivity contribution in [3.05, 3.63) is 23.9 Å². The van der Waals surface area contributed by atoms with Crippen molar-refractivity contribution in [2.75, 3.05) is 13.2 Å². The fourth-order valence-corrected chi connectivity index (χ4v) is 1.17. The van der Waals surface area contributed by atoms with Crippen molar-refractivity contribution in [2.24, 2.45) is 0 Å². The van der Waals surface area contributed by atoms with Gasteiger partial charge in [-0.25, -0.2) is 0 Å². The normalized spacial score (nSPS) is 18.3. The number of aromatic nitrogens is 1. The van der Waals surface area contributed by atoms with Crippen LogP contribution in [0.2, 0.25) is 0 Å². The molecule has 1 aromatic heterocycles. The van der Waals surface area contributed by atoms with Gasteiger partial charge in [-0.2, -0.15) is 0 Å². The third kappa shape index (κ3) is 1.49. The van der Waals surface area contributed by atoms with Crippen LogP contribution in [0.3, 0.4) is 0 Å². The molecule has 3 nitrogen and oxygen atoms in total. The lowest BCUT2D eigenvalue weighted by molar-refractivity contribution is -0.0443. The Morgan fingerprint density at radius 1 is 1.33 bits per heavy atom. The average Bonchev–Trinajstić information content (AvgIpc) is 2.58. The van der Waals surface area contributed by atoms with Crippen LogP contribution in [0, 0.1) is 0 Å². The van der Waals surface area contributed by atoms with Gasteiger partial charge in [-0.15, -0.1) is 0 Å². The van der Waals surface area contributed by atoms with Gasteiger partial charge in [-0.1, -0.05) is 12.1 Å². The standard InChI is InChI=1S/C8H10BNO2/c9-7-2-1-6(5-10-7)8-11-3-4-12-8/h1-2,5,8H,3-4,9H2. The SMILES string of the molecule is Bc1ccc(C2OCCO2)cn1. The molecule has 0 spiro atoms.